The Balaban J connectivity index is 1.51. The van der Waals surface area contributed by atoms with Crippen LogP contribution in [0.4, 0.5) is 5.69 Å². The Morgan fingerprint density at radius 2 is 2.00 bits per heavy atom. The Bertz CT molecular complexity index is 1490. The molecule has 0 bridgehead atoms. The summed E-state index contributed by atoms with van der Waals surface area (Å²) in [7, 11) is 1.89. The topological polar surface area (TPSA) is 107 Å². The second-order valence-electron chi connectivity index (χ2n) is 6.65. The van der Waals surface area contributed by atoms with Crippen molar-refractivity contribution in [2.75, 3.05) is 5.32 Å². The first-order valence-electron chi connectivity index (χ1n) is 9.09. The zero-order valence-corrected chi connectivity index (χ0v) is 17.5. The van der Waals surface area contributed by atoms with Crippen molar-refractivity contribution in [3.05, 3.63) is 70.6 Å². The van der Waals surface area contributed by atoms with Gasteiger partial charge in [0.1, 0.15) is 10.8 Å². The summed E-state index contributed by atoms with van der Waals surface area (Å²) in [6.07, 6.45) is 3.12. The minimum absolute atomic E-state index is 0.150. The number of nitrogens with zero attached hydrogens (tertiary/aromatic N) is 4. The largest absolute Gasteiger partial charge is 0.350 e. The molecule has 2 N–H and O–H groups in total. The summed E-state index contributed by atoms with van der Waals surface area (Å²) in [5.41, 5.74) is 2.59. The number of benzene rings is 2. The van der Waals surface area contributed by atoms with E-state index in [1.165, 1.54) is 6.20 Å². The van der Waals surface area contributed by atoms with Crippen LogP contribution in [0.3, 0.4) is 0 Å². The third-order valence-electron chi connectivity index (χ3n) is 4.67. The molecule has 3 heterocycles. The second-order valence-corrected chi connectivity index (χ2v) is 7.42. The summed E-state index contributed by atoms with van der Waals surface area (Å²) in [4.78, 5) is 22.1. The molecular weight excluding hydrogens is 443 g/mol. The molecule has 5 aromatic rings. The molecular formula is C20H14Cl2N6O3. The maximum atomic E-state index is 13.0. The zero-order valence-electron chi connectivity index (χ0n) is 16.0. The van der Waals surface area contributed by atoms with E-state index in [2.05, 4.69) is 20.4 Å². The van der Waals surface area contributed by atoms with Crippen molar-refractivity contribution in [1.82, 2.24) is 24.6 Å². The fourth-order valence-electron chi connectivity index (χ4n) is 3.24. The lowest BCUT2D eigenvalue weighted by Crippen LogP contribution is -2.12. The first kappa shape index (κ1) is 19.3. The van der Waals surface area contributed by atoms with Crippen LogP contribution in [0.25, 0.3) is 28.0 Å². The van der Waals surface area contributed by atoms with Crippen molar-refractivity contribution in [2.24, 2.45) is 7.05 Å². The Kier molecular flexibility index (Phi) is 4.68. The summed E-state index contributed by atoms with van der Waals surface area (Å²) in [6.45, 7) is 0. The van der Waals surface area contributed by atoms with Gasteiger partial charge in [-0.05, 0) is 23.1 Å². The Labute approximate surface area is 184 Å². The first-order chi connectivity index (χ1) is 15.0. The maximum Gasteiger partial charge on any atom is 0.296 e. The van der Waals surface area contributed by atoms with Gasteiger partial charge in [-0.1, -0.05) is 47.5 Å². The molecule has 0 spiro atoms. The van der Waals surface area contributed by atoms with E-state index in [0.29, 0.717) is 16.9 Å². The van der Waals surface area contributed by atoms with Crippen LogP contribution in [-0.4, -0.2) is 30.5 Å². The van der Waals surface area contributed by atoms with E-state index < -0.39 is 0 Å². The molecule has 2 aromatic carbocycles. The highest BCUT2D eigenvalue weighted by molar-refractivity contribution is 6.35. The molecule has 0 unspecified atom stereocenters. The SMILES string of the molecule is Cn1cc(C(=O)Nc2cccc(-n3o[nH]c4nc(Cl)cnc4o3)c2Cl)c2ccccc21. The Hall–Kier alpha value is -3.69. The monoisotopic (exact) mass is 456 g/mol. The molecule has 9 nitrogen and oxygen atoms in total. The van der Waals surface area contributed by atoms with Crippen LogP contribution in [0.5, 0.6) is 0 Å². The van der Waals surface area contributed by atoms with Crippen LogP contribution >= 0.6 is 23.2 Å². The van der Waals surface area contributed by atoms with Crippen LogP contribution in [0, 0.1) is 0 Å². The number of aromatic amines is 1. The number of carbonyl (C=O) groups is 1. The number of hydrogen-bond donors (Lipinski definition) is 2. The fraction of sp³-hybridized carbons (Fsp3) is 0.0500. The number of rotatable bonds is 3. The number of para-hydroxylation sites is 1. The smallest absolute Gasteiger partial charge is 0.296 e. The van der Waals surface area contributed by atoms with Gasteiger partial charge in [0.05, 0.1) is 22.5 Å². The summed E-state index contributed by atoms with van der Waals surface area (Å²) in [5, 5.41) is 6.67. The van der Waals surface area contributed by atoms with Gasteiger partial charge in [-0.2, -0.15) is 5.16 Å². The number of nitrogens with one attached hydrogen (secondary N) is 2. The number of aryl methyl sites for hydroxylation is 1. The number of amides is 1. The molecule has 11 heteroatoms. The third-order valence-corrected chi connectivity index (χ3v) is 5.25. The predicted octanol–water partition coefficient (Wildman–Crippen LogP) is 5.11. The molecule has 31 heavy (non-hydrogen) atoms. The summed E-state index contributed by atoms with van der Waals surface area (Å²) >= 11 is 12.4. The van der Waals surface area contributed by atoms with Crippen LogP contribution in [0.2, 0.25) is 10.2 Å². The highest BCUT2D eigenvalue weighted by atomic mass is 35.5. The van der Waals surface area contributed by atoms with E-state index in [4.69, 9.17) is 32.4 Å². The molecule has 156 valence electrons. The van der Waals surface area contributed by atoms with Crippen LogP contribution in [0.15, 0.2) is 64.0 Å². The standard InChI is InChI=1S/C20H14Cl2N6O3/c1-27-10-12(11-5-2-3-7-14(11)27)19(29)24-13-6-4-8-15(17(13)22)28-30-20-18(26-31-28)25-16(21)9-23-20/h2-10H,1H3,(H,24,29)(H,25,26). The quantitative estimate of drug-likeness (QED) is 0.392. The van der Waals surface area contributed by atoms with Crippen molar-refractivity contribution in [2.45, 2.75) is 0 Å². The molecule has 0 atom stereocenters. The van der Waals surface area contributed by atoms with E-state index in [-0.39, 0.29) is 27.4 Å². The van der Waals surface area contributed by atoms with Crippen LogP contribution in [0.1, 0.15) is 10.4 Å². The van der Waals surface area contributed by atoms with Gasteiger partial charge in [0.2, 0.25) is 5.65 Å². The van der Waals surface area contributed by atoms with Crippen molar-refractivity contribution in [1.29, 1.82) is 0 Å². The Morgan fingerprint density at radius 1 is 1.16 bits per heavy atom. The molecule has 1 amide bonds. The predicted molar refractivity (Wildman–Crippen MR) is 116 cm³/mol. The average Bonchev–Trinajstić information content (AvgIpc) is 3.12. The van der Waals surface area contributed by atoms with Gasteiger partial charge >= 0.3 is 0 Å². The number of carbonyl (C=O) groups excluding carboxylic acids is 1. The van der Waals surface area contributed by atoms with Gasteiger partial charge in [0.15, 0.2) is 0 Å². The molecule has 0 aliphatic heterocycles. The average molecular weight is 457 g/mol. The minimum Gasteiger partial charge on any atom is -0.350 e. The van der Waals surface area contributed by atoms with Crippen LogP contribution < -0.4 is 5.32 Å². The number of anilines is 1. The van der Waals surface area contributed by atoms with Gasteiger partial charge in [0, 0.05) is 24.1 Å². The second kappa shape index (κ2) is 7.53. The van der Waals surface area contributed by atoms with E-state index in [1.807, 2.05) is 35.9 Å². The lowest BCUT2D eigenvalue weighted by molar-refractivity contribution is 0.0713. The van der Waals surface area contributed by atoms with E-state index in [9.17, 15) is 4.79 Å². The number of aromatic nitrogens is 5. The molecule has 5 rings (SSSR count). The van der Waals surface area contributed by atoms with Crippen molar-refractivity contribution in [3.8, 4) is 5.69 Å². The number of hydrogen-bond acceptors (Lipinski definition) is 5. The van der Waals surface area contributed by atoms with Crippen molar-refractivity contribution < 1.29 is 13.9 Å². The van der Waals surface area contributed by atoms with E-state index in [1.54, 1.807) is 24.4 Å². The highest BCUT2D eigenvalue weighted by Gasteiger charge is 2.17. The van der Waals surface area contributed by atoms with E-state index in [0.717, 1.165) is 15.8 Å². The number of fused-ring (bicyclic) bond motifs is 2. The first-order valence-corrected chi connectivity index (χ1v) is 9.84. The molecule has 0 saturated heterocycles. The molecule has 0 saturated carbocycles. The lowest BCUT2D eigenvalue weighted by atomic mass is 10.1. The summed E-state index contributed by atoms with van der Waals surface area (Å²) < 4.78 is 12.8. The van der Waals surface area contributed by atoms with Crippen molar-refractivity contribution in [3.63, 3.8) is 0 Å². The van der Waals surface area contributed by atoms with Gasteiger partial charge in [-0.25, -0.2) is 9.97 Å². The lowest BCUT2D eigenvalue weighted by Gasteiger charge is -2.11. The molecule has 3 aromatic heterocycles. The zero-order chi connectivity index (χ0) is 21.5. The summed E-state index contributed by atoms with van der Waals surface area (Å²) in [6, 6.07) is 12.7. The van der Waals surface area contributed by atoms with Gasteiger partial charge in [-0.15, -0.1) is 0 Å². The normalized spacial score (nSPS) is 11.2. The molecule has 0 aliphatic rings. The molecule has 0 fully saturated rings. The maximum absolute atomic E-state index is 13.0. The number of H-pyrrole nitrogens is 1. The third kappa shape index (κ3) is 3.43. The molecule has 0 aliphatic carbocycles. The molecule has 0 radical (unpaired) electrons. The van der Waals surface area contributed by atoms with Gasteiger partial charge < -0.3 is 14.4 Å². The van der Waals surface area contributed by atoms with E-state index >= 15 is 0 Å². The highest BCUT2D eigenvalue weighted by Crippen LogP contribution is 2.30. The van der Waals surface area contributed by atoms with Gasteiger partial charge in [0.25, 0.3) is 11.6 Å². The summed E-state index contributed by atoms with van der Waals surface area (Å²) in [5.74, 6) is -0.291. The Morgan fingerprint density at radius 3 is 2.87 bits per heavy atom. The minimum atomic E-state index is -0.291. The fourth-order valence-corrected chi connectivity index (χ4v) is 3.62. The number of halogens is 2. The van der Waals surface area contributed by atoms with Gasteiger partial charge in [-0.3, -0.25) is 9.42 Å². The van der Waals surface area contributed by atoms with Crippen LogP contribution in [-0.2, 0) is 7.05 Å². The van der Waals surface area contributed by atoms with Crippen molar-refractivity contribution >= 4 is 57.1 Å².